The van der Waals surface area contributed by atoms with Gasteiger partial charge in [-0.2, -0.15) is 0 Å². The van der Waals surface area contributed by atoms with Crippen LogP contribution in [0.15, 0.2) is 22.7 Å². The van der Waals surface area contributed by atoms with Crippen molar-refractivity contribution in [1.29, 1.82) is 0 Å². The van der Waals surface area contributed by atoms with Crippen molar-refractivity contribution in [1.82, 2.24) is 0 Å². The number of anilines is 1. The molecule has 0 saturated heterocycles. The van der Waals surface area contributed by atoms with Gasteiger partial charge in [-0.15, -0.1) is 0 Å². The zero-order valence-electron chi connectivity index (χ0n) is 7.89. The molecule has 0 amide bonds. The summed E-state index contributed by atoms with van der Waals surface area (Å²) in [6.07, 6.45) is 5.06. The lowest BCUT2D eigenvalue weighted by molar-refractivity contribution is 0.627. The number of nitrogens with one attached hydrogen (secondary N) is 1. The summed E-state index contributed by atoms with van der Waals surface area (Å²) in [4.78, 5) is 0. The van der Waals surface area contributed by atoms with Crippen LogP contribution in [0, 0.1) is 5.82 Å². The fraction of sp³-hybridized carbons (Fsp3) is 0.455. The molecule has 1 aliphatic carbocycles. The summed E-state index contributed by atoms with van der Waals surface area (Å²) < 4.78 is 13.6. The molecule has 0 aromatic heterocycles. The van der Waals surface area contributed by atoms with Crippen molar-refractivity contribution >= 4 is 21.6 Å². The zero-order chi connectivity index (χ0) is 9.97. The Kier molecular flexibility index (Phi) is 3.06. The first kappa shape index (κ1) is 9.97. The van der Waals surface area contributed by atoms with E-state index in [-0.39, 0.29) is 5.82 Å². The van der Waals surface area contributed by atoms with Gasteiger partial charge in [0.2, 0.25) is 0 Å². The van der Waals surface area contributed by atoms with E-state index in [4.69, 9.17) is 0 Å². The second-order valence-electron chi connectivity index (χ2n) is 3.75. The van der Waals surface area contributed by atoms with Gasteiger partial charge in [-0.25, -0.2) is 4.39 Å². The second kappa shape index (κ2) is 4.30. The molecule has 0 atom stereocenters. The SMILES string of the molecule is Fc1ccc(NC2CCCC2)c(Br)c1. The standard InChI is InChI=1S/C11H13BrFN/c12-10-7-8(13)5-6-11(10)14-9-3-1-2-4-9/h5-7,9,14H,1-4H2. The van der Waals surface area contributed by atoms with Gasteiger partial charge in [-0.3, -0.25) is 0 Å². The molecule has 0 heterocycles. The minimum absolute atomic E-state index is 0.200. The smallest absolute Gasteiger partial charge is 0.124 e. The maximum absolute atomic E-state index is 12.8. The van der Waals surface area contributed by atoms with Gasteiger partial charge in [0.05, 0.1) is 0 Å². The van der Waals surface area contributed by atoms with Crippen LogP contribution in [0.1, 0.15) is 25.7 Å². The average molecular weight is 258 g/mol. The fourth-order valence-electron chi connectivity index (χ4n) is 1.90. The first-order valence-electron chi connectivity index (χ1n) is 4.97. The summed E-state index contributed by atoms with van der Waals surface area (Å²) in [5, 5.41) is 3.42. The van der Waals surface area contributed by atoms with Gasteiger partial charge < -0.3 is 5.32 Å². The Morgan fingerprint density at radius 3 is 2.64 bits per heavy atom. The minimum atomic E-state index is -0.200. The van der Waals surface area contributed by atoms with E-state index in [2.05, 4.69) is 21.2 Å². The molecule has 1 saturated carbocycles. The topological polar surface area (TPSA) is 12.0 Å². The van der Waals surface area contributed by atoms with Crippen LogP contribution in [-0.4, -0.2) is 6.04 Å². The molecule has 14 heavy (non-hydrogen) atoms. The molecule has 76 valence electrons. The highest BCUT2D eigenvalue weighted by atomic mass is 79.9. The zero-order valence-corrected chi connectivity index (χ0v) is 9.48. The average Bonchev–Trinajstić information content (AvgIpc) is 2.62. The van der Waals surface area contributed by atoms with Crippen LogP contribution in [0.5, 0.6) is 0 Å². The lowest BCUT2D eigenvalue weighted by Crippen LogP contribution is -2.14. The maximum atomic E-state index is 12.8. The van der Waals surface area contributed by atoms with Gasteiger partial charge in [-0.1, -0.05) is 12.8 Å². The molecule has 1 aromatic rings. The summed E-state index contributed by atoms with van der Waals surface area (Å²) in [5.41, 5.74) is 0.998. The lowest BCUT2D eigenvalue weighted by Gasteiger charge is -2.14. The van der Waals surface area contributed by atoms with Gasteiger partial charge in [0.15, 0.2) is 0 Å². The molecule has 1 aromatic carbocycles. The van der Waals surface area contributed by atoms with Crippen molar-refractivity contribution in [3.8, 4) is 0 Å². The van der Waals surface area contributed by atoms with Gasteiger partial charge in [0, 0.05) is 16.2 Å². The Hall–Kier alpha value is -0.570. The van der Waals surface area contributed by atoms with Crippen molar-refractivity contribution in [2.24, 2.45) is 0 Å². The number of halogens is 2. The third-order valence-corrected chi connectivity index (χ3v) is 3.30. The van der Waals surface area contributed by atoms with E-state index in [0.717, 1.165) is 10.2 Å². The van der Waals surface area contributed by atoms with E-state index in [0.29, 0.717) is 6.04 Å². The highest BCUT2D eigenvalue weighted by Gasteiger charge is 2.15. The van der Waals surface area contributed by atoms with E-state index in [1.807, 2.05) is 0 Å². The third-order valence-electron chi connectivity index (χ3n) is 2.65. The van der Waals surface area contributed by atoms with E-state index in [1.165, 1.54) is 37.8 Å². The number of hydrogen-bond acceptors (Lipinski definition) is 1. The number of rotatable bonds is 2. The molecule has 1 fully saturated rings. The van der Waals surface area contributed by atoms with Crippen molar-refractivity contribution < 1.29 is 4.39 Å². The molecule has 0 bridgehead atoms. The van der Waals surface area contributed by atoms with Gasteiger partial charge >= 0.3 is 0 Å². The highest BCUT2D eigenvalue weighted by molar-refractivity contribution is 9.10. The Morgan fingerprint density at radius 2 is 2.00 bits per heavy atom. The van der Waals surface area contributed by atoms with Gasteiger partial charge in [-0.05, 0) is 47.0 Å². The van der Waals surface area contributed by atoms with E-state index in [1.54, 1.807) is 6.07 Å². The Balaban J connectivity index is 2.08. The molecule has 0 spiro atoms. The predicted octanol–water partition coefficient (Wildman–Crippen LogP) is 3.94. The maximum Gasteiger partial charge on any atom is 0.124 e. The normalized spacial score (nSPS) is 17.3. The summed E-state index contributed by atoms with van der Waals surface area (Å²) in [5.74, 6) is -0.200. The van der Waals surface area contributed by atoms with Crippen LogP contribution in [0.2, 0.25) is 0 Å². The lowest BCUT2D eigenvalue weighted by atomic mass is 10.2. The van der Waals surface area contributed by atoms with Crippen molar-refractivity contribution in [2.75, 3.05) is 5.32 Å². The monoisotopic (exact) mass is 257 g/mol. The molecule has 0 radical (unpaired) electrons. The third kappa shape index (κ3) is 2.27. The van der Waals surface area contributed by atoms with E-state index in [9.17, 15) is 4.39 Å². The number of benzene rings is 1. The largest absolute Gasteiger partial charge is 0.381 e. The summed E-state index contributed by atoms with van der Waals surface area (Å²) in [6, 6.07) is 5.34. The van der Waals surface area contributed by atoms with E-state index < -0.39 is 0 Å². The van der Waals surface area contributed by atoms with Crippen molar-refractivity contribution in [3.63, 3.8) is 0 Å². The van der Waals surface area contributed by atoms with Crippen LogP contribution >= 0.6 is 15.9 Å². The first-order chi connectivity index (χ1) is 6.75. The molecular weight excluding hydrogens is 245 g/mol. The molecular formula is C11H13BrFN. The predicted molar refractivity (Wildman–Crippen MR) is 60.0 cm³/mol. The summed E-state index contributed by atoms with van der Waals surface area (Å²) in [6.45, 7) is 0. The van der Waals surface area contributed by atoms with Crippen molar-refractivity contribution in [3.05, 3.63) is 28.5 Å². The minimum Gasteiger partial charge on any atom is -0.381 e. The van der Waals surface area contributed by atoms with E-state index >= 15 is 0 Å². The molecule has 1 nitrogen and oxygen atoms in total. The molecule has 3 heteroatoms. The quantitative estimate of drug-likeness (QED) is 0.847. The highest BCUT2D eigenvalue weighted by Crippen LogP contribution is 2.27. The van der Waals surface area contributed by atoms with Gasteiger partial charge in [0.1, 0.15) is 5.82 Å². The molecule has 0 unspecified atom stereocenters. The molecule has 1 aliphatic rings. The molecule has 2 rings (SSSR count). The first-order valence-corrected chi connectivity index (χ1v) is 5.76. The number of hydrogen-bond donors (Lipinski definition) is 1. The van der Waals surface area contributed by atoms with Crippen LogP contribution < -0.4 is 5.32 Å². The summed E-state index contributed by atoms with van der Waals surface area (Å²) in [7, 11) is 0. The second-order valence-corrected chi connectivity index (χ2v) is 4.60. The Morgan fingerprint density at radius 1 is 1.29 bits per heavy atom. The van der Waals surface area contributed by atoms with Crippen LogP contribution in [-0.2, 0) is 0 Å². The molecule has 0 aliphatic heterocycles. The summed E-state index contributed by atoms with van der Waals surface area (Å²) >= 11 is 3.35. The van der Waals surface area contributed by atoms with Crippen LogP contribution in [0.25, 0.3) is 0 Å². The van der Waals surface area contributed by atoms with Crippen molar-refractivity contribution in [2.45, 2.75) is 31.7 Å². The Labute approximate surface area is 91.8 Å². The van der Waals surface area contributed by atoms with Gasteiger partial charge in [0.25, 0.3) is 0 Å². The van der Waals surface area contributed by atoms with Crippen LogP contribution in [0.4, 0.5) is 10.1 Å². The molecule has 1 N–H and O–H groups in total. The fourth-order valence-corrected chi connectivity index (χ4v) is 2.36. The Bertz CT molecular complexity index is 321. The van der Waals surface area contributed by atoms with Crippen LogP contribution in [0.3, 0.4) is 0 Å².